The summed E-state index contributed by atoms with van der Waals surface area (Å²) in [6.07, 6.45) is 1.74. The Hall–Kier alpha value is -3.28. The van der Waals surface area contributed by atoms with Gasteiger partial charge < -0.3 is 14.2 Å². The van der Waals surface area contributed by atoms with Crippen molar-refractivity contribution < 1.29 is 23.8 Å². The molecule has 0 bridgehead atoms. The van der Waals surface area contributed by atoms with Gasteiger partial charge in [0.2, 0.25) is 5.91 Å². The quantitative estimate of drug-likeness (QED) is 0.757. The van der Waals surface area contributed by atoms with Gasteiger partial charge in [0, 0.05) is 24.1 Å². The molecule has 1 aliphatic heterocycles. The molecular formula is C21H21NO5. The standard InChI is InChI=1S/C21H21NO5/c1-5-27-18-9-7-6-8-14(18)10-16-15-11-19(25-3)20(26-4)12-17(15)22(13(2)23)21(16)24/h6-12H,5H2,1-4H3. The Morgan fingerprint density at radius 3 is 2.37 bits per heavy atom. The number of amides is 2. The smallest absolute Gasteiger partial charge is 0.265 e. The van der Waals surface area contributed by atoms with Gasteiger partial charge in [-0.2, -0.15) is 0 Å². The average molecular weight is 367 g/mol. The van der Waals surface area contributed by atoms with Crippen molar-refractivity contribution in [3.8, 4) is 17.2 Å². The minimum Gasteiger partial charge on any atom is -0.493 e. The van der Waals surface area contributed by atoms with Gasteiger partial charge in [0.25, 0.3) is 5.91 Å². The molecule has 140 valence electrons. The predicted molar refractivity (Wildman–Crippen MR) is 103 cm³/mol. The Morgan fingerprint density at radius 1 is 1.07 bits per heavy atom. The Bertz CT molecular complexity index is 932. The first-order chi connectivity index (χ1) is 13.0. The normalized spacial score (nSPS) is 14.3. The lowest BCUT2D eigenvalue weighted by atomic mass is 10.0. The highest BCUT2D eigenvalue weighted by atomic mass is 16.5. The molecule has 1 aliphatic rings. The highest BCUT2D eigenvalue weighted by Crippen LogP contribution is 2.44. The van der Waals surface area contributed by atoms with Gasteiger partial charge in [-0.15, -0.1) is 0 Å². The minimum absolute atomic E-state index is 0.366. The second kappa shape index (κ2) is 7.53. The van der Waals surface area contributed by atoms with Gasteiger partial charge in [-0.25, -0.2) is 4.90 Å². The monoisotopic (exact) mass is 367 g/mol. The van der Waals surface area contributed by atoms with E-state index < -0.39 is 0 Å². The van der Waals surface area contributed by atoms with Crippen LogP contribution < -0.4 is 19.1 Å². The van der Waals surface area contributed by atoms with Crippen molar-refractivity contribution in [2.24, 2.45) is 0 Å². The average Bonchev–Trinajstić information content (AvgIpc) is 2.93. The van der Waals surface area contributed by atoms with Crippen LogP contribution in [0.25, 0.3) is 11.6 Å². The molecule has 0 saturated heterocycles. The zero-order valence-corrected chi connectivity index (χ0v) is 15.7. The minimum atomic E-state index is -0.390. The number of hydrogen-bond donors (Lipinski definition) is 0. The number of carbonyl (C=O) groups is 2. The summed E-state index contributed by atoms with van der Waals surface area (Å²) in [4.78, 5) is 26.3. The summed E-state index contributed by atoms with van der Waals surface area (Å²) < 4.78 is 16.3. The van der Waals surface area contributed by atoms with E-state index in [0.717, 1.165) is 10.5 Å². The molecule has 0 aliphatic carbocycles. The van der Waals surface area contributed by atoms with Crippen LogP contribution in [0.3, 0.4) is 0 Å². The summed E-state index contributed by atoms with van der Waals surface area (Å²) in [5.41, 5.74) is 2.24. The number of ether oxygens (including phenoxy) is 3. The summed E-state index contributed by atoms with van der Waals surface area (Å²) in [5.74, 6) is 0.849. The third kappa shape index (κ3) is 3.26. The number of rotatable bonds is 5. The van der Waals surface area contributed by atoms with Crippen LogP contribution in [-0.2, 0) is 9.59 Å². The van der Waals surface area contributed by atoms with Crippen molar-refractivity contribution in [1.29, 1.82) is 0 Å². The lowest BCUT2D eigenvalue weighted by Crippen LogP contribution is -2.31. The maximum absolute atomic E-state index is 13.0. The van der Waals surface area contributed by atoms with Crippen molar-refractivity contribution in [1.82, 2.24) is 0 Å². The topological polar surface area (TPSA) is 65.1 Å². The van der Waals surface area contributed by atoms with Crippen molar-refractivity contribution in [3.05, 3.63) is 47.5 Å². The lowest BCUT2D eigenvalue weighted by Gasteiger charge is -2.14. The molecule has 0 spiro atoms. The zero-order chi connectivity index (χ0) is 19.6. The van der Waals surface area contributed by atoms with E-state index in [-0.39, 0.29) is 11.8 Å². The van der Waals surface area contributed by atoms with Crippen molar-refractivity contribution in [2.75, 3.05) is 25.7 Å². The summed E-state index contributed by atoms with van der Waals surface area (Å²) in [7, 11) is 3.03. The van der Waals surface area contributed by atoms with Crippen LogP contribution in [0.2, 0.25) is 0 Å². The number of imide groups is 1. The van der Waals surface area contributed by atoms with Crippen molar-refractivity contribution >= 4 is 29.2 Å². The van der Waals surface area contributed by atoms with Crippen LogP contribution in [0.15, 0.2) is 36.4 Å². The summed E-state index contributed by atoms with van der Waals surface area (Å²) in [5, 5.41) is 0. The molecule has 27 heavy (non-hydrogen) atoms. The first-order valence-corrected chi connectivity index (χ1v) is 8.56. The molecule has 1 heterocycles. The number of carbonyl (C=O) groups excluding carboxylic acids is 2. The highest BCUT2D eigenvalue weighted by Gasteiger charge is 2.36. The number of para-hydroxylation sites is 1. The Labute approximate surface area is 158 Å². The second-order valence-electron chi connectivity index (χ2n) is 5.91. The van der Waals surface area contributed by atoms with Crippen LogP contribution in [0.5, 0.6) is 17.2 Å². The van der Waals surface area contributed by atoms with Gasteiger partial charge in [0.1, 0.15) is 5.75 Å². The maximum Gasteiger partial charge on any atom is 0.265 e. The van der Waals surface area contributed by atoms with E-state index >= 15 is 0 Å². The number of hydrogen-bond acceptors (Lipinski definition) is 5. The van der Waals surface area contributed by atoms with Gasteiger partial charge in [-0.1, -0.05) is 18.2 Å². The fraction of sp³-hybridized carbons (Fsp3) is 0.238. The predicted octanol–water partition coefficient (Wildman–Crippen LogP) is 3.54. The first kappa shape index (κ1) is 18.5. The molecule has 6 heteroatoms. The van der Waals surface area contributed by atoms with E-state index in [1.165, 1.54) is 21.1 Å². The van der Waals surface area contributed by atoms with E-state index in [2.05, 4.69) is 0 Å². The third-order valence-corrected chi connectivity index (χ3v) is 4.30. The molecule has 2 aromatic carbocycles. The fourth-order valence-corrected chi connectivity index (χ4v) is 3.11. The number of fused-ring (bicyclic) bond motifs is 1. The second-order valence-corrected chi connectivity index (χ2v) is 5.91. The van der Waals surface area contributed by atoms with Crippen molar-refractivity contribution in [3.63, 3.8) is 0 Å². The summed E-state index contributed by atoms with van der Waals surface area (Å²) >= 11 is 0. The molecule has 0 N–H and O–H groups in total. The molecule has 0 atom stereocenters. The van der Waals surface area contributed by atoms with Crippen LogP contribution in [-0.4, -0.2) is 32.6 Å². The fourth-order valence-electron chi connectivity index (χ4n) is 3.11. The molecule has 2 amide bonds. The molecule has 0 aromatic heterocycles. The van der Waals surface area contributed by atoms with Gasteiger partial charge in [0.05, 0.1) is 32.1 Å². The van der Waals surface area contributed by atoms with Gasteiger partial charge in [-0.05, 0) is 25.1 Å². The van der Waals surface area contributed by atoms with Gasteiger partial charge >= 0.3 is 0 Å². The number of anilines is 1. The van der Waals surface area contributed by atoms with Crippen LogP contribution in [0.1, 0.15) is 25.0 Å². The molecule has 0 fully saturated rings. The van der Waals surface area contributed by atoms with E-state index in [4.69, 9.17) is 14.2 Å². The van der Waals surface area contributed by atoms with Crippen LogP contribution in [0, 0.1) is 0 Å². The molecule has 0 saturated carbocycles. The number of methoxy groups -OCH3 is 2. The summed E-state index contributed by atoms with van der Waals surface area (Å²) in [6.45, 7) is 3.76. The highest BCUT2D eigenvalue weighted by molar-refractivity contribution is 6.42. The van der Waals surface area contributed by atoms with E-state index in [1.807, 2.05) is 31.2 Å². The largest absolute Gasteiger partial charge is 0.493 e. The molecule has 3 rings (SSSR count). The summed E-state index contributed by atoms with van der Waals surface area (Å²) in [6, 6.07) is 10.8. The lowest BCUT2D eigenvalue weighted by molar-refractivity contribution is -0.122. The Balaban J connectivity index is 2.22. The molecule has 2 aromatic rings. The first-order valence-electron chi connectivity index (χ1n) is 8.56. The number of nitrogens with zero attached hydrogens (tertiary/aromatic N) is 1. The SMILES string of the molecule is CCOc1ccccc1C=C1C(=O)N(C(C)=O)c2cc(OC)c(OC)cc21. The van der Waals surface area contributed by atoms with Crippen molar-refractivity contribution in [2.45, 2.75) is 13.8 Å². The van der Waals surface area contributed by atoms with E-state index in [1.54, 1.807) is 18.2 Å². The van der Waals surface area contributed by atoms with Crippen LogP contribution >= 0.6 is 0 Å². The molecule has 0 unspecified atom stereocenters. The van der Waals surface area contributed by atoms with Gasteiger partial charge in [-0.3, -0.25) is 9.59 Å². The van der Waals surface area contributed by atoms with E-state index in [9.17, 15) is 9.59 Å². The Morgan fingerprint density at radius 2 is 1.74 bits per heavy atom. The Kier molecular flexibility index (Phi) is 5.16. The molecule has 0 radical (unpaired) electrons. The van der Waals surface area contributed by atoms with E-state index in [0.29, 0.717) is 40.7 Å². The number of benzene rings is 2. The van der Waals surface area contributed by atoms with Crippen LogP contribution in [0.4, 0.5) is 5.69 Å². The zero-order valence-electron chi connectivity index (χ0n) is 15.7. The molecular weight excluding hydrogens is 346 g/mol. The maximum atomic E-state index is 13.0. The molecule has 6 nitrogen and oxygen atoms in total. The third-order valence-electron chi connectivity index (χ3n) is 4.30. The van der Waals surface area contributed by atoms with Gasteiger partial charge in [0.15, 0.2) is 11.5 Å².